The number of hydrogen-bond donors (Lipinski definition) is 2. The Bertz CT molecular complexity index is 657. The maximum absolute atomic E-state index is 12.5. The molecule has 0 aromatic carbocycles. The Balaban J connectivity index is 1.86. The summed E-state index contributed by atoms with van der Waals surface area (Å²) >= 11 is 5.75. The zero-order chi connectivity index (χ0) is 18.6. The Labute approximate surface area is 145 Å². The van der Waals surface area contributed by atoms with Crippen molar-refractivity contribution in [3.05, 3.63) is 22.8 Å². The number of halogens is 4. The van der Waals surface area contributed by atoms with E-state index in [0.717, 1.165) is 6.07 Å². The monoisotopic (exact) mass is 381 g/mol. The van der Waals surface area contributed by atoms with E-state index in [9.17, 15) is 22.8 Å². The van der Waals surface area contributed by atoms with Crippen molar-refractivity contribution in [2.75, 3.05) is 31.6 Å². The molecule has 0 bridgehead atoms. The van der Waals surface area contributed by atoms with Crippen LogP contribution in [-0.2, 0) is 20.5 Å². The van der Waals surface area contributed by atoms with Crippen molar-refractivity contribution in [3.63, 3.8) is 0 Å². The van der Waals surface area contributed by atoms with Gasteiger partial charge in [0.25, 0.3) is 0 Å². The number of nitrogens with one attached hydrogen (secondary N) is 1. The molecule has 0 unspecified atom stereocenters. The van der Waals surface area contributed by atoms with Crippen LogP contribution >= 0.6 is 11.6 Å². The smallest absolute Gasteiger partial charge is 0.417 e. The van der Waals surface area contributed by atoms with E-state index in [0.29, 0.717) is 6.20 Å². The van der Waals surface area contributed by atoms with Crippen molar-refractivity contribution in [2.45, 2.75) is 18.7 Å². The van der Waals surface area contributed by atoms with Crippen molar-refractivity contribution >= 4 is 29.3 Å². The average molecular weight is 382 g/mol. The molecule has 1 amide bonds. The highest BCUT2D eigenvalue weighted by molar-refractivity contribution is 6.32. The molecule has 1 saturated heterocycles. The lowest BCUT2D eigenvalue weighted by atomic mass is 10.2. The largest absolute Gasteiger partial charge is 0.479 e. The molecule has 2 N–H and O–H groups in total. The van der Waals surface area contributed by atoms with Crippen LogP contribution in [0.1, 0.15) is 12.0 Å². The number of carboxylic acids is 1. The normalized spacial score (nSPS) is 18.1. The van der Waals surface area contributed by atoms with Crippen LogP contribution in [0.2, 0.25) is 5.02 Å². The summed E-state index contributed by atoms with van der Waals surface area (Å²) in [7, 11) is 0. The van der Waals surface area contributed by atoms with Gasteiger partial charge in [0, 0.05) is 25.7 Å². The maximum atomic E-state index is 12.5. The molecule has 0 radical (unpaired) electrons. The van der Waals surface area contributed by atoms with Crippen LogP contribution in [0.5, 0.6) is 0 Å². The number of carboxylic acid groups (broad SMARTS) is 1. The number of pyridine rings is 1. The maximum Gasteiger partial charge on any atom is 0.417 e. The van der Waals surface area contributed by atoms with E-state index in [-0.39, 0.29) is 49.4 Å². The number of anilines is 1. The van der Waals surface area contributed by atoms with E-state index >= 15 is 0 Å². The van der Waals surface area contributed by atoms with Gasteiger partial charge in [-0.05, 0) is 6.07 Å². The van der Waals surface area contributed by atoms with Gasteiger partial charge in [-0.3, -0.25) is 4.79 Å². The van der Waals surface area contributed by atoms with E-state index in [1.165, 1.54) is 4.90 Å². The third kappa shape index (κ3) is 5.20. The number of carbonyl (C=O) groups is 2. The Hall–Kier alpha value is -2.07. The minimum absolute atomic E-state index is 0.00533. The molecule has 2 heterocycles. The third-order valence-corrected chi connectivity index (χ3v) is 3.78. The second-order valence-electron chi connectivity index (χ2n) is 5.27. The first-order valence-electron chi connectivity index (χ1n) is 7.27. The Morgan fingerprint density at radius 3 is 2.80 bits per heavy atom. The lowest BCUT2D eigenvalue weighted by Gasteiger charge is -2.31. The summed E-state index contributed by atoms with van der Waals surface area (Å²) in [5, 5.41) is 11.4. The van der Waals surface area contributed by atoms with E-state index in [2.05, 4.69) is 10.3 Å². The van der Waals surface area contributed by atoms with Crippen molar-refractivity contribution in [1.82, 2.24) is 9.88 Å². The number of amides is 1. The molecule has 0 saturated carbocycles. The number of rotatable bonds is 5. The van der Waals surface area contributed by atoms with Crippen LogP contribution in [0, 0.1) is 0 Å². The molecular formula is C14H15ClF3N3O4. The second-order valence-corrected chi connectivity index (χ2v) is 5.67. The molecule has 2 rings (SSSR count). The molecule has 25 heavy (non-hydrogen) atoms. The quantitative estimate of drug-likeness (QED) is 0.809. The fourth-order valence-electron chi connectivity index (χ4n) is 2.19. The topological polar surface area (TPSA) is 91.8 Å². The number of carbonyl (C=O) groups excluding carboxylic acids is 1. The van der Waals surface area contributed by atoms with Gasteiger partial charge in [-0.25, -0.2) is 9.78 Å². The molecule has 138 valence electrons. The number of aromatic nitrogens is 1. The minimum atomic E-state index is -4.54. The highest BCUT2D eigenvalue weighted by atomic mass is 35.5. The summed E-state index contributed by atoms with van der Waals surface area (Å²) in [4.78, 5) is 27.9. The van der Waals surface area contributed by atoms with Gasteiger partial charge in [-0.15, -0.1) is 0 Å². The summed E-state index contributed by atoms with van der Waals surface area (Å²) < 4.78 is 42.6. The van der Waals surface area contributed by atoms with Crippen molar-refractivity contribution in [3.8, 4) is 0 Å². The molecular weight excluding hydrogens is 367 g/mol. The fourth-order valence-corrected chi connectivity index (χ4v) is 2.43. The van der Waals surface area contributed by atoms with E-state index in [4.69, 9.17) is 21.4 Å². The van der Waals surface area contributed by atoms with Crippen LogP contribution in [0.15, 0.2) is 12.3 Å². The molecule has 1 aliphatic rings. The van der Waals surface area contributed by atoms with E-state index in [1.807, 2.05) is 0 Å². The third-order valence-electron chi connectivity index (χ3n) is 3.49. The molecule has 7 nitrogen and oxygen atoms in total. The lowest BCUT2D eigenvalue weighted by Crippen LogP contribution is -2.48. The van der Waals surface area contributed by atoms with Gasteiger partial charge in [-0.1, -0.05) is 11.6 Å². The van der Waals surface area contributed by atoms with Gasteiger partial charge < -0.3 is 20.1 Å². The molecule has 0 spiro atoms. The van der Waals surface area contributed by atoms with Crippen molar-refractivity contribution in [2.24, 2.45) is 0 Å². The summed E-state index contributed by atoms with van der Waals surface area (Å²) in [6.45, 7) is 0.448. The van der Waals surface area contributed by atoms with Crippen molar-refractivity contribution in [1.29, 1.82) is 0 Å². The zero-order valence-electron chi connectivity index (χ0n) is 12.8. The van der Waals surface area contributed by atoms with Gasteiger partial charge in [0.05, 0.1) is 23.7 Å². The van der Waals surface area contributed by atoms with Gasteiger partial charge >= 0.3 is 12.1 Å². The molecule has 1 aliphatic heterocycles. The van der Waals surface area contributed by atoms with Gasteiger partial charge in [-0.2, -0.15) is 13.2 Å². The number of nitrogens with zero attached hydrogens (tertiary/aromatic N) is 2. The molecule has 1 aromatic rings. The fraction of sp³-hybridized carbons (Fsp3) is 0.500. The summed E-state index contributed by atoms with van der Waals surface area (Å²) in [6, 6.07) is 0.748. The standard InChI is InChI=1S/C14H15ClF3N3O4/c15-9-5-8(14(16,17)18)6-20-12(9)19-2-1-11(22)21-3-4-25-10(7-21)13(23)24/h5-6,10H,1-4,7H2,(H,19,20)(H,23,24)/t10-/m1/s1. The Morgan fingerprint density at radius 1 is 1.48 bits per heavy atom. The minimum Gasteiger partial charge on any atom is -0.479 e. The summed E-state index contributed by atoms with van der Waals surface area (Å²) in [6.07, 6.45) is -4.94. The van der Waals surface area contributed by atoms with Crippen LogP contribution < -0.4 is 5.32 Å². The molecule has 1 fully saturated rings. The number of ether oxygens (including phenoxy) is 1. The van der Waals surface area contributed by atoms with Crippen LogP contribution in [-0.4, -0.2) is 59.2 Å². The van der Waals surface area contributed by atoms with Gasteiger partial charge in [0.1, 0.15) is 5.82 Å². The number of alkyl halides is 3. The van der Waals surface area contributed by atoms with Crippen molar-refractivity contribution < 1.29 is 32.6 Å². The SMILES string of the molecule is O=C(O)[C@H]1CN(C(=O)CCNc2ncc(C(F)(F)F)cc2Cl)CCO1. The molecule has 1 atom stereocenters. The average Bonchev–Trinajstić information content (AvgIpc) is 2.55. The van der Waals surface area contributed by atoms with Gasteiger partial charge in [0.15, 0.2) is 6.10 Å². The second kappa shape index (κ2) is 7.87. The summed E-state index contributed by atoms with van der Waals surface area (Å²) in [5.74, 6) is -1.41. The van der Waals surface area contributed by atoms with E-state index in [1.54, 1.807) is 0 Å². The lowest BCUT2D eigenvalue weighted by molar-refractivity contribution is -0.159. The Morgan fingerprint density at radius 2 is 2.20 bits per heavy atom. The van der Waals surface area contributed by atoms with Crippen LogP contribution in [0.25, 0.3) is 0 Å². The predicted molar refractivity (Wildman–Crippen MR) is 81.3 cm³/mol. The first-order chi connectivity index (χ1) is 11.7. The van der Waals surface area contributed by atoms with Crippen LogP contribution in [0.3, 0.4) is 0 Å². The number of morpholine rings is 1. The molecule has 1 aromatic heterocycles. The number of hydrogen-bond acceptors (Lipinski definition) is 5. The summed E-state index contributed by atoms with van der Waals surface area (Å²) in [5.41, 5.74) is -0.966. The predicted octanol–water partition coefficient (Wildman–Crippen LogP) is 1.87. The van der Waals surface area contributed by atoms with E-state index < -0.39 is 23.8 Å². The first-order valence-corrected chi connectivity index (χ1v) is 7.65. The van der Waals surface area contributed by atoms with Gasteiger partial charge in [0.2, 0.25) is 5.91 Å². The highest BCUT2D eigenvalue weighted by Crippen LogP contribution is 2.32. The first kappa shape index (κ1) is 19.3. The highest BCUT2D eigenvalue weighted by Gasteiger charge is 2.32. The molecule has 11 heteroatoms. The number of aliphatic carboxylic acids is 1. The zero-order valence-corrected chi connectivity index (χ0v) is 13.6. The Kier molecular flexibility index (Phi) is 6.07. The molecule has 0 aliphatic carbocycles. The van der Waals surface area contributed by atoms with Crippen LogP contribution in [0.4, 0.5) is 19.0 Å².